The minimum absolute atomic E-state index is 0.0227. The van der Waals surface area contributed by atoms with Crippen molar-refractivity contribution in [1.82, 2.24) is 0 Å². The highest BCUT2D eigenvalue weighted by Crippen LogP contribution is 2.23. The molecule has 0 saturated heterocycles. The summed E-state index contributed by atoms with van der Waals surface area (Å²) in [5, 5.41) is -0.772. The Bertz CT molecular complexity index is 546. The summed E-state index contributed by atoms with van der Waals surface area (Å²) in [6, 6.07) is 7.45. The molecule has 18 heavy (non-hydrogen) atoms. The van der Waals surface area contributed by atoms with Gasteiger partial charge in [0.25, 0.3) is 0 Å². The van der Waals surface area contributed by atoms with Crippen LogP contribution in [0.2, 0.25) is 0 Å². The number of sulfone groups is 1. The van der Waals surface area contributed by atoms with Gasteiger partial charge < -0.3 is 0 Å². The van der Waals surface area contributed by atoms with Gasteiger partial charge in [0.2, 0.25) is 0 Å². The topological polar surface area (TPSA) is 51.2 Å². The zero-order valence-corrected chi connectivity index (χ0v) is 11.4. The summed E-state index contributed by atoms with van der Waals surface area (Å²) in [5.41, 5.74) is 1.81. The van der Waals surface area contributed by atoms with Gasteiger partial charge >= 0.3 is 0 Å². The van der Waals surface area contributed by atoms with Crippen LogP contribution in [0.4, 0.5) is 0 Å². The first kappa shape index (κ1) is 13.3. The summed E-state index contributed by atoms with van der Waals surface area (Å²) in [6.45, 7) is 1.93. The van der Waals surface area contributed by atoms with Crippen molar-refractivity contribution >= 4 is 15.6 Å². The van der Waals surface area contributed by atoms with Crippen LogP contribution in [0.25, 0.3) is 0 Å². The van der Waals surface area contributed by atoms with Crippen molar-refractivity contribution in [3.8, 4) is 0 Å². The van der Waals surface area contributed by atoms with Gasteiger partial charge in [-0.1, -0.05) is 36.2 Å². The van der Waals surface area contributed by atoms with Crippen LogP contribution in [0.3, 0.4) is 0 Å². The van der Waals surface area contributed by atoms with Crippen LogP contribution >= 0.6 is 0 Å². The highest BCUT2D eigenvalue weighted by molar-refractivity contribution is 7.92. The second-order valence-electron chi connectivity index (χ2n) is 5.00. The smallest absolute Gasteiger partial charge is 0.164 e. The fraction of sp³-hybridized carbons (Fsp3) is 0.500. The van der Waals surface area contributed by atoms with E-state index in [1.807, 2.05) is 25.1 Å². The largest absolute Gasteiger partial charge is 0.298 e. The molecule has 3 nitrogen and oxygen atoms in total. The minimum Gasteiger partial charge on any atom is -0.298 e. The number of hydrogen-bond donors (Lipinski definition) is 0. The first-order chi connectivity index (χ1) is 8.49. The Labute approximate surface area is 108 Å². The summed E-state index contributed by atoms with van der Waals surface area (Å²) >= 11 is 0. The molecule has 0 aromatic heterocycles. The van der Waals surface area contributed by atoms with Crippen LogP contribution in [0, 0.1) is 6.92 Å². The van der Waals surface area contributed by atoms with Gasteiger partial charge in [0.15, 0.2) is 15.6 Å². The molecule has 1 aliphatic rings. The number of aryl methyl sites for hydroxylation is 1. The van der Waals surface area contributed by atoms with E-state index in [4.69, 9.17) is 0 Å². The molecule has 0 N–H and O–H groups in total. The third-order valence-electron chi connectivity index (χ3n) is 3.38. The number of benzene rings is 1. The second-order valence-corrected chi connectivity index (χ2v) is 7.18. The highest BCUT2D eigenvalue weighted by Gasteiger charge is 2.33. The van der Waals surface area contributed by atoms with Gasteiger partial charge in [-0.25, -0.2) is 8.42 Å². The van der Waals surface area contributed by atoms with Crippen molar-refractivity contribution in [1.29, 1.82) is 0 Å². The number of carbonyl (C=O) groups excluding carboxylic acids is 1. The second kappa shape index (κ2) is 5.22. The number of hydrogen-bond acceptors (Lipinski definition) is 3. The molecule has 0 bridgehead atoms. The molecular weight excluding hydrogens is 248 g/mol. The van der Waals surface area contributed by atoms with Crippen LogP contribution in [0.5, 0.6) is 0 Å². The molecule has 98 valence electrons. The molecule has 2 rings (SSSR count). The lowest BCUT2D eigenvalue weighted by Gasteiger charge is -2.20. The molecule has 1 atom stereocenters. The Kier molecular flexibility index (Phi) is 3.85. The van der Waals surface area contributed by atoms with Crippen LogP contribution in [-0.2, 0) is 20.4 Å². The van der Waals surface area contributed by atoms with E-state index >= 15 is 0 Å². The highest BCUT2D eigenvalue weighted by atomic mass is 32.2. The first-order valence-electron chi connectivity index (χ1n) is 6.29. The lowest BCUT2D eigenvalue weighted by atomic mass is 9.99. The van der Waals surface area contributed by atoms with E-state index < -0.39 is 15.1 Å². The van der Waals surface area contributed by atoms with Gasteiger partial charge in [-0.05, 0) is 25.3 Å². The van der Waals surface area contributed by atoms with Gasteiger partial charge in [-0.2, -0.15) is 0 Å². The molecule has 1 saturated carbocycles. The fourth-order valence-corrected chi connectivity index (χ4v) is 4.36. The zero-order valence-electron chi connectivity index (χ0n) is 10.6. The molecular formula is C14H18O3S. The van der Waals surface area contributed by atoms with Crippen molar-refractivity contribution in [3.05, 3.63) is 35.4 Å². The maximum absolute atomic E-state index is 12.3. The molecule has 1 aromatic carbocycles. The summed E-state index contributed by atoms with van der Waals surface area (Å²) in [4.78, 5) is 11.7. The SMILES string of the molecule is Cc1cccc(CS(=O)(=O)C2CCCCC2=O)c1. The minimum atomic E-state index is -3.35. The summed E-state index contributed by atoms with van der Waals surface area (Å²) in [6.07, 6.45) is 2.57. The quantitative estimate of drug-likeness (QED) is 0.844. The molecule has 0 radical (unpaired) electrons. The zero-order chi connectivity index (χ0) is 13.2. The van der Waals surface area contributed by atoms with Crippen molar-refractivity contribution in [2.24, 2.45) is 0 Å². The van der Waals surface area contributed by atoms with Crippen LogP contribution in [-0.4, -0.2) is 19.5 Å². The average molecular weight is 266 g/mol. The Hall–Kier alpha value is -1.16. The normalized spacial score (nSPS) is 20.9. The van der Waals surface area contributed by atoms with E-state index in [1.54, 1.807) is 6.07 Å². The van der Waals surface area contributed by atoms with Crippen molar-refractivity contribution in [2.45, 2.75) is 43.6 Å². The van der Waals surface area contributed by atoms with E-state index in [9.17, 15) is 13.2 Å². The van der Waals surface area contributed by atoms with Gasteiger partial charge in [0.05, 0.1) is 5.75 Å². The number of ketones is 1. The molecule has 0 aliphatic heterocycles. The van der Waals surface area contributed by atoms with Gasteiger partial charge in [0, 0.05) is 6.42 Å². The van der Waals surface area contributed by atoms with Crippen molar-refractivity contribution in [2.75, 3.05) is 0 Å². The molecule has 0 amide bonds. The van der Waals surface area contributed by atoms with Gasteiger partial charge in [0.1, 0.15) is 5.25 Å². The van der Waals surface area contributed by atoms with Crippen LogP contribution in [0.1, 0.15) is 36.8 Å². The lowest BCUT2D eigenvalue weighted by molar-refractivity contribution is -0.119. The fourth-order valence-electron chi connectivity index (χ4n) is 2.47. The van der Waals surface area contributed by atoms with E-state index in [0.29, 0.717) is 12.8 Å². The number of carbonyl (C=O) groups is 1. The van der Waals surface area contributed by atoms with Crippen molar-refractivity contribution in [3.63, 3.8) is 0 Å². The Morgan fingerprint density at radius 1 is 1.28 bits per heavy atom. The predicted molar refractivity (Wildman–Crippen MR) is 71.1 cm³/mol. The Morgan fingerprint density at radius 3 is 2.72 bits per heavy atom. The maximum Gasteiger partial charge on any atom is 0.164 e. The first-order valence-corrected chi connectivity index (χ1v) is 8.00. The Balaban J connectivity index is 2.19. The van der Waals surface area contributed by atoms with Crippen LogP contribution in [0.15, 0.2) is 24.3 Å². The van der Waals surface area contributed by atoms with Crippen molar-refractivity contribution < 1.29 is 13.2 Å². The molecule has 1 aliphatic carbocycles. The third kappa shape index (κ3) is 2.99. The molecule has 0 spiro atoms. The molecule has 1 fully saturated rings. The molecule has 4 heteroatoms. The lowest BCUT2D eigenvalue weighted by Crippen LogP contribution is -2.33. The summed E-state index contributed by atoms with van der Waals surface area (Å²) < 4.78 is 24.5. The average Bonchev–Trinajstić information content (AvgIpc) is 2.28. The summed E-state index contributed by atoms with van der Waals surface area (Å²) in [7, 11) is -3.35. The Morgan fingerprint density at radius 2 is 2.06 bits per heavy atom. The standard InChI is InChI=1S/C14H18O3S/c1-11-5-4-6-12(9-11)10-18(16,17)14-8-3-2-7-13(14)15/h4-6,9,14H,2-3,7-8,10H2,1H3. The molecule has 1 aromatic rings. The maximum atomic E-state index is 12.3. The molecule has 1 unspecified atom stereocenters. The summed E-state index contributed by atoms with van der Waals surface area (Å²) in [5.74, 6) is -0.126. The van der Waals surface area contributed by atoms with Gasteiger partial charge in [-0.15, -0.1) is 0 Å². The third-order valence-corrected chi connectivity index (χ3v) is 5.48. The van der Waals surface area contributed by atoms with E-state index in [-0.39, 0.29) is 11.5 Å². The van der Waals surface area contributed by atoms with Gasteiger partial charge in [-0.3, -0.25) is 4.79 Å². The predicted octanol–water partition coefficient (Wildman–Crippen LogP) is 2.42. The molecule has 0 heterocycles. The number of rotatable bonds is 3. The number of Topliss-reactive ketones (excluding diaryl/α,β-unsaturated/α-hetero) is 1. The van der Waals surface area contributed by atoms with Crippen LogP contribution < -0.4 is 0 Å². The monoisotopic (exact) mass is 266 g/mol. The van der Waals surface area contributed by atoms with E-state index in [1.165, 1.54) is 0 Å². The van der Waals surface area contributed by atoms with E-state index in [0.717, 1.165) is 24.0 Å². The van der Waals surface area contributed by atoms with E-state index in [2.05, 4.69) is 0 Å².